The van der Waals surface area contributed by atoms with Crippen molar-refractivity contribution in [3.05, 3.63) is 42.1 Å². The highest BCUT2D eigenvalue weighted by Crippen LogP contribution is 2.29. The summed E-state index contributed by atoms with van der Waals surface area (Å²) in [4.78, 5) is 6.13. The van der Waals surface area contributed by atoms with Crippen molar-refractivity contribution in [1.82, 2.24) is 18.9 Å². The predicted molar refractivity (Wildman–Crippen MR) is 130 cm³/mol. The van der Waals surface area contributed by atoms with Crippen molar-refractivity contribution in [2.75, 3.05) is 24.7 Å². The van der Waals surface area contributed by atoms with Gasteiger partial charge in [-0.1, -0.05) is 13.8 Å². The number of nitrogens with two attached hydrogens (primary N) is 1. The maximum absolute atomic E-state index is 6.08. The molecule has 0 unspecified atom stereocenters. The van der Waals surface area contributed by atoms with E-state index in [2.05, 4.69) is 64.2 Å². The van der Waals surface area contributed by atoms with E-state index in [0.29, 0.717) is 18.0 Å². The van der Waals surface area contributed by atoms with E-state index < -0.39 is 0 Å². The monoisotopic (exact) mass is 439 g/mol. The number of fused-ring (bicyclic) bond motifs is 1. The molecule has 166 valence electrons. The smallest absolute Gasteiger partial charge is 0.163 e. The van der Waals surface area contributed by atoms with Gasteiger partial charge in [0.05, 0.1) is 6.20 Å². The van der Waals surface area contributed by atoms with E-state index in [1.54, 1.807) is 11.9 Å². The molecule has 1 aliphatic rings. The fourth-order valence-electron chi connectivity index (χ4n) is 3.98. The Morgan fingerprint density at radius 3 is 2.48 bits per heavy atom. The van der Waals surface area contributed by atoms with Crippen LogP contribution in [0.1, 0.15) is 51.0 Å². The first-order valence-electron chi connectivity index (χ1n) is 11.0. The lowest BCUT2D eigenvalue weighted by Crippen LogP contribution is -2.33. The number of nitrogens with zero attached hydrogens (tertiary/aromatic N) is 4. The van der Waals surface area contributed by atoms with Gasteiger partial charge in [0, 0.05) is 34.3 Å². The molecule has 2 heterocycles. The van der Waals surface area contributed by atoms with E-state index in [-0.39, 0.29) is 0 Å². The summed E-state index contributed by atoms with van der Waals surface area (Å²) in [5.41, 5.74) is 9.15. The molecular weight excluding hydrogens is 406 g/mol. The normalized spacial score (nSPS) is 19.3. The van der Waals surface area contributed by atoms with Crippen LogP contribution in [0.2, 0.25) is 0 Å². The second-order valence-electron chi connectivity index (χ2n) is 8.83. The molecule has 0 radical (unpaired) electrons. The van der Waals surface area contributed by atoms with Crippen LogP contribution in [-0.2, 0) is 0 Å². The van der Waals surface area contributed by atoms with Gasteiger partial charge in [0.25, 0.3) is 0 Å². The summed E-state index contributed by atoms with van der Waals surface area (Å²) in [5, 5.41) is 11.8. The molecule has 1 aromatic carbocycles. The topological polar surface area (TPSA) is 83.5 Å². The molecule has 3 aromatic rings. The predicted octanol–water partition coefficient (Wildman–Crippen LogP) is 4.85. The Morgan fingerprint density at radius 2 is 1.84 bits per heavy atom. The Balaban J connectivity index is 1.63. The van der Waals surface area contributed by atoms with Crippen LogP contribution >= 0.6 is 11.9 Å². The molecule has 0 spiro atoms. The quantitative estimate of drug-likeness (QED) is 0.454. The van der Waals surface area contributed by atoms with Gasteiger partial charge in [0.2, 0.25) is 0 Å². The van der Waals surface area contributed by atoms with Crippen molar-refractivity contribution in [3.63, 3.8) is 0 Å². The molecule has 0 bridgehead atoms. The van der Waals surface area contributed by atoms with Crippen LogP contribution in [0.15, 0.2) is 41.4 Å². The minimum absolute atomic E-state index is 0.335. The summed E-state index contributed by atoms with van der Waals surface area (Å²) in [6, 6.07) is 11.2. The van der Waals surface area contributed by atoms with Gasteiger partial charge >= 0.3 is 0 Å². The zero-order chi connectivity index (χ0) is 22.0. The minimum atomic E-state index is 0.335. The second-order valence-corrected chi connectivity index (χ2v) is 10.2. The molecule has 1 fully saturated rings. The molecule has 0 atom stereocenters. The molecule has 0 saturated heterocycles. The van der Waals surface area contributed by atoms with Gasteiger partial charge in [-0.05, 0) is 81.9 Å². The van der Waals surface area contributed by atoms with Crippen LogP contribution in [0.25, 0.3) is 5.65 Å². The third kappa shape index (κ3) is 5.31. The summed E-state index contributed by atoms with van der Waals surface area (Å²) in [6.07, 6.45) is 6.22. The zero-order valence-corrected chi connectivity index (χ0v) is 19.6. The van der Waals surface area contributed by atoms with Gasteiger partial charge in [-0.3, -0.25) is 4.31 Å². The Morgan fingerprint density at radius 1 is 1.13 bits per heavy atom. The van der Waals surface area contributed by atoms with E-state index in [1.807, 2.05) is 24.8 Å². The first-order valence-corrected chi connectivity index (χ1v) is 11.8. The Labute approximate surface area is 188 Å². The largest absolute Gasteiger partial charge is 0.367 e. The lowest BCUT2D eigenvalue weighted by Gasteiger charge is -2.27. The van der Waals surface area contributed by atoms with Crippen LogP contribution in [0.4, 0.5) is 17.3 Å². The van der Waals surface area contributed by atoms with E-state index in [0.717, 1.165) is 54.2 Å². The van der Waals surface area contributed by atoms with E-state index >= 15 is 0 Å². The van der Waals surface area contributed by atoms with Crippen molar-refractivity contribution in [2.45, 2.75) is 62.4 Å². The van der Waals surface area contributed by atoms with Gasteiger partial charge in [0.1, 0.15) is 11.6 Å². The molecule has 1 aliphatic carbocycles. The van der Waals surface area contributed by atoms with E-state index in [9.17, 15) is 0 Å². The zero-order valence-electron chi connectivity index (χ0n) is 18.8. The maximum atomic E-state index is 6.08. The van der Waals surface area contributed by atoms with Crippen molar-refractivity contribution < 1.29 is 0 Å². The molecule has 1 saturated carbocycles. The minimum Gasteiger partial charge on any atom is -0.367 e. The van der Waals surface area contributed by atoms with Gasteiger partial charge in [-0.25, -0.2) is 4.98 Å². The maximum Gasteiger partial charge on any atom is 0.163 e. The molecule has 0 amide bonds. The number of hydrogen-bond donors (Lipinski definition) is 3. The number of anilines is 3. The van der Waals surface area contributed by atoms with E-state index in [4.69, 9.17) is 10.7 Å². The van der Waals surface area contributed by atoms with Crippen LogP contribution in [0, 0.1) is 0 Å². The highest BCUT2D eigenvalue weighted by atomic mass is 32.2. The molecule has 4 N–H and O–H groups in total. The molecular formula is C23H33N7S. The molecule has 31 heavy (non-hydrogen) atoms. The third-order valence-corrected chi connectivity index (χ3v) is 6.51. The number of rotatable bonds is 7. The third-order valence-electron chi connectivity index (χ3n) is 5.66. The van der Waals surface area contributed by atoms with Crippen molar-refractivity contribution in [2.24, 2.45) is 5.73 Å². The Kier molecular flexibility index (Phi) is 6.69. The molecule has 7 nitrogen and oxygen atoms in total. The Hall–Kier alpha value is -2.29. The van der Waals surface area contributed by atoms with Crippen LogP contribution < -0.4 is 16.4 Å². The summed E-state index contributed by atoms with van der Waals surface area (Å²) >= 11 is 1.70. The first kappa shape index (κ1) is 21.9. The number of benzene rings is 1. The first-order chi connectivity index (χ1) is 14.9. The molecule has 4 rings (SSSR count). The highest BCUT2D eigenvalue weighted by molar-refractivity contribution is 7.97. The second kappa shape index (κ2) is 9.46. The number of aromatic nitrogens is 3. The van der Waals surface area contributed by atoms with E-state index in [1.165, 1.54) is 4.90 Å². The summed E-state index contributed by atoms with van der Waals surface area (Å²) in [5.74, 6) is 2.14. The average molecular weight is 440 g/mol. The molecule has 8 heteroatoms. The lowest BCUT2D eigenvalue weighted by molar-refractivity contribution is 0.410. The summed E-state index contributed by atoms with van der Waals surface area (Å²) in [7, 11) is 4.09. The fourth-order valence-corrected chi connectivity index (χ4v) is 4.66. The van der Waals surface area contributed by atoms with Crippen molar-refractivity contribution in [3.8, 4) is 0 Å². The number of hydrogen-bond acceptors (Lipinski definition) is 7. The molecule has 0 aliphatic heterocycles. The standard InChI is InChI=1S/C23H33N7S/c1-15(2)20-14-25-30-22(27-18-9-11-19(12-10-18)31-29(3)4)13-21(28-23(20)30)26-17-7-5-16(24)6-8-17/h9-17,27H,5-8,24H2,1-4H3,(H,26,28). The highest BCUT2D eigenvalue weighted by Gasteiger charge is 2.20. The average Bonchev–Trinajstić information content (AvgIpc) is 3.15. The van der Waals surface area contributed by atoms with Crippen molar-refractivity contribution in [1.29, 1.82) is 0 Å². The summed E-state index contributed by atoms with van der Waals surface area (Å²) in [6.45, 7) is 4.35. The lowest BCUT2D eigenvalue weighted by atomic mass is 9.92. The van der Waals surface area contributed by atoms with Crippen LogP contribution in [-0.4, -0.2) is 45.1 Å². The molecule has 2 aromatic heterocycles. The van der Waals surface area contributed by atoms with Crippen LogP contribution in [0.5, 0.6) is 0 Å². The van der Waals surface area contributed by atoms with Gasteiger partial charge < -0.3 is 16.4 Å². The Bertz CT molecular complexity index is 1000. The number of nitrogens with one attached hydrogen (secondary N) is 2. The summed E-state index contributed by atoms with van der Waals surface area (Å²) < 4.78 is 3.99. The SMILES string of the molecule is CC(C)c1cnn2c(Nc3ccc(SN(C)C)cc3)cc(NC3CCC(N)CC3)nc12. The van der Waals surface area contributed by atoms with Gasteiger partial charge in [-0.15, -0.1) is 0 Å². The van der Waals surface area contributed by atoms with Gasteiger partial charge in [0.15, 0.2) is 5.65 Å². The van der Waals surface area contributed by atoms with Gasteiger partial charge in [-0.2, -0.15) is 9.61 Å². The fraction of sp³-hybridized carbons (Fsp3) is 0.478. The van der Waals surface area contributed by atoms with Crippen molar-refractivity contribution >= 4 is 34.9 Å². The van der Waals surface area contributed by atoms with Crippen LogP contribution in [0.3, 0.4) is 0 Å².